The van der Waals surface area contributed by atoms with E-state index in [9.17, 15) is 18.3 Å². The van der Waals surface area contributed by atoms with Crippen LogP contribution in [-0.4, -0.2) is 32.2 Å². The van der Waals surface area contributed by atoms with Crippen molar-refractivity contribution in [1.29, 1.82) is 0 Å². The van der Waals surface area contributed by atoms with Crippen LogP contribution < -0.4 is 5.32 Å². The number of rotatable bonds is 8. The molecular weight excluding hydrogens is 398 g/mol. The minimum atomic E-state index is -3.23. The Hall–Kier alpha value is -2.42. The van der Waals surface area contributed by atoms with Gasteiger partial charge in [-0.25, -0.2) is 8.42 Å². The standard InChI is InChI=1S/C20H21NO5S2/c1-28(24,25)17-7-4-15(5-8-17)6-9-19(22)21-14-20(23,16-10-11-26-13-16)18-3-2-12-27-18/h2-5,7-8,10-13,23H,6,9,14H2,1H3,(H,21,22)/t20-/m0/s1. The molecular formula is C20H21NO5S2. The summed E-state index contributed by atoms with van der Waals surface area (Å²) in [6.45, 7) is 0.0267. The van der Waals surface area contributed by atoms with Crippen LogP contribution in [0, 0.1) is 0 Å². The van der Waals surface area contributed by atoms with E-state index in [0.29, 0.717) is 16.9 Å². The lowest BCUT2D eigenvalue weighted by atomic mass is 9.94. The van der Waals surface area contributed by atoms with E-state index < -0.39 is 15.4 Å². The number of amides is 1. The quantitative estimate of drug-likeness (QED) is 0.585. The summed E-state index contributed by atoms with van der Waals surface area (Å²) in [6, 6.07) is 11.8. The number of aryl methyl sites for hydroxylation is 1. The number of benzene rings is 1. The minimum Gasteiger partial charge on any atom is -0.472 e. The van der Waals surface area contributed by atoms with Crippen LogP contribution in [-0.2, 0) is 26.7 Å². The summed E-state index contributed by atoms with van der Waals surface area (Å²) >= 11 is 1.40. The maximum Gasteiger partial charge on any atom is 0.220 e. The minimum absolute atomic E-state index is 0.0267. The summed E-state index contributed by atoms with van der Waals surface area (Å²) < 4.78 is 28.1. The molecule has 3 rings (SSSR count). The number of carbonyl (C=O) groups excluding carboxylic acids is 1. The summed E-state index contributed by atoms with van der Waals surface area (Å²) in [7, 11) is -3.23. The highest BCUT2D eigenvalue weighted by atomic mass is 32.2. The SMILES string of the molecule is CS(=O)(=O)c1ccc(CCC(=O)NC[C@](O)(c2ccoc2)c2cccs2)cc1. The molecule has 0 saturated heterocycles. The molecule has 1 atom stereocenters. The average Bonchev–Trinajstić information content (AvgIpc) is 3.38. The fourth-order valence-corrected chi connectivity index (χ4v) is 4.30. The van der Waals surface area contributed by atoms with Gasteiger partial charge in [-0.1, -0.05) is 18.2 Å². The molecule has 2 aromatic heterocycles. The highest BCUT2D eigenvalue weighted by Gasteiger charge is 2.34. The van der Waals surface area contributed by atoms with Gasteiger partial charge in [0, 0.05) is 23.1 Å². The van der Waals surface area contributed by atoms with Crippen molar-refractivity contribution < 1.29 is 22.7 Å². The van der Waals surface area contributed by atoms with Gasteiger partial charge in [0.25, 0.3) is 0 Å². The van der Waals surface area contributed by atoms with Crippen molar-refractivity contribution in [1.82, 2.24) is 5.32 Å². The molecule has 0 unspecified atom stereocenters. The number of hydrogen-bond acceptors (Lipinski definition) is 6. The molecule has 0 aliphatic heterocycles. The molecule has 3 aromatic rings. The number of nitrogens with one attached hydrogen (secondary N) is 1. The van der Waals surface area contributed by atoms with Crippen LogP contribution in [0.25, 0.3) is 0 Å². The van der Waals surface area contributed by atoms with E-state index in [1.807, 2.05) is 17.5 Å². The van der Waals surface area contributed by atoms with Crippen LogP contribution in [0.1, 0.15) is 22.4 Å². The van der Waals surface area contributed by atoms with Crippen LogP contribution in [0.4, 0.5) is 0 Å². The third-order valence-corrected chi connectivity index (χ3v) is 6.61. The van der Waals surface area contributed by atoms with E-state index in [0.717, 1.165) is 11.8 Å². The summed E-state index contributed by atoms with van der Waals surface area (Å²) in [5.74, 6) is -0.203. The smallest absolute Gasteiger partial charge is 0.220 e. The summed E-state index contributed by atoms with van der Waals surface area (Å²) in [5, 5.41) is 15.8. The van der Waals surface area contributed by atoms with E-state index in [2.05, 4.69) is 5.32 Å². The van der Waals surface area contributed by atoms with Crippen LogP contribution in [0.15, 0.2) is 69.7 Å². The van der Waals surface area contributed by atoms with Gasteiger partial charge in [-0.15, -0.1) is 11.3 Å². The topological polar surface area (TPSA) is 96.6 Å². The van der Waals surface area contributed by atoms with Crippen molar-refractivity contribution in [3.63, 3.8) is 0 Å². The Kier molecular flexibility index (Phi) is 6.02. The van der Waals surface area contributed by atoms with Gasteiger partial charge in [0.05, 0.1) is 24.0 Å². The molecule has 0 aliphatic carbocycles. The van der Waals surface area contributed by atoms with E-state index in [4.69, 9.17) is 4.42 Å². The van der Waals surface area contributed by atoms with Crippen LogP contribution in [0.3, 0.4) is 0 Å². The van der Waals surface area contributed by atoms with Crippen LogP contribution >= 0.6 is 11.3 Å². The Balaban J connectivity index is 1.60. The van der Waals surface area contributed by atoms with Gasteiger partial charge in [0.15, 0.2) is 9.84 Å². The normalized spacial score (nSPS) is 13.8. The first-order valence-corrected chi connectivity index (χ1v) is 11.4. The Morgan fingerprint density at radius 1 is 1.21 bits per heavy atom. The first kappa shape index (κ1) is 20.3. The average molecular weight is 420 g/mol. The van der Waals surface area contributed by atoms with Gasteiger partial charge in [-0.05, 0) is 41.6 Å². The van der Waals surface area contributed by atoms with Gasteiger partial charge < -0.3 is 14.8 Å². The fourth-order valence-electron chi connectivity index (χ4n) is 2.82. The third kappa shape index (κ3) is 4.70. The highest BCUT2D eigenvalue weighted by Crippen LogP contribution is 2.32. The van der Waals surface area contributed by atoms with Gasteiger partial charge in [0.2, 0.25) is 5.91 Å². The second-order valence-corrected chi connectivity index (χ2v) is 9.51. The molecule has 148 valence electrons. The number of hydrogen-bond donors (Lipinski definition) is 2. The second kappa shape index (κ2) is 8.30. The van der Waals surface area contributed by atoms with Gasteiger partial charge >= 0.3 is 0 Å². The highest BCUT2D eigenvalue weighted by molar-refractivity contribution is 7.90. The Bertz CT molecular complexity index is 973. The molecule has 0 aliphatic rings. The molecule has 6 nitrogen and oxygen atoms in total. The molecule has 1 amide bonds. The Morgan fingerprint density at radius 3 is 2.54 bits per heavy atom. The maximum atomic E-state index is 12.3. The zero-order valence-electron chi connectivity index (χ0n) is 15.3. The predicted molar refractivity (Wildman–Crippen MR) is 107 cm³/mol. The monoisotopic (exact) mass is 419 g/mol. The predicted octanol–water partition coefficient (Wildman–Crippen LogP) is 2.73. The van der Waals surface area contributed by atoms with Gasteiger partial charge in [-0.2, -0.15) is 0 Å². The zero-order valence-corrected chi connectivity index (χ0v) is 16.9. The first-order valence-electron chi connectivity index (χ1n) is 8.64. The first-order chi connectivity index (χ1) is 13.3. The number of furan rings is 1. The molecule has 0 bridgehead atoms. The summed E-state index contributed by atoms with van der Waals surface area (Å²) in [5.41, 5.74) is 0.0889. The zero-order chi connectivity index (χ0) is 20.2. The van der Waals surface area contributed by atoms with E-state index in [1.165, 1.54) is 36.0 Å². The molecule has 0 radical (unpaired) electrons. The number of thiophene rings is 1. The number of aliphatic hydroxyl groups is 1. The fraction of sp³-hybridized carbons (Fsp3) is 0.250. The molecule has 0 spiro atoms. The lowest BCUT2D eigenvalue weighted by Gasteiger charge is -2.26. The lowest BCUT2D eigenvalue weighted by molar-refractivity contribution is -0.122. The van der Waals surface area contributed by atoms with Gasteiger partial charge in [0.1, 0.15) is 5.60 Å². The Morgan fingerprint density at radius 2 is 1.96 bits per heavy atom. The van der Waals surface area contributed by atoms with Crippen molar-refractivity contribution in [3.05, 3.63) is 76.4 Å². The molecule has 28 heavy (non-hydrogen) atoms. The largest absolute Gasteiger partial charge is 0.472 e. The van der Waals surface area contributed by atoms with Crippen molar-refractivity contribution >= 4 is 27.1 Å². The van der Waals surface area contributed by atoms with Crippen molar-refractivity contribution in [3.8, 4) is 0 Å². The van der Waals surface area contributed by atoms with Gasteiger partial charge in [-0.3, -0.25) is 4.79 Å². The van der Waals surface area contributed by atoms with E-state index in [-0.39, 0.29) is 23.8 Å². The summed E-state index contributed by atoms with van der Waals surface area (Å²) in [4.78, 5) is 13.3. The lowest BCUT2D eigenvalue weighted by Crippen LogP contribution is -2.41. The third-order valence-electron chi connectivity index (χ3n) is 4.46. The summed E-state index contributed by atoms with van der Waals surface area (Å²) in [6.07, 6.45) is 4.80. The van der Waals surface area contributed by atoms with Crippen molar-refractivity contribution in [2.75, 3.05) is 12.8 Å². The van der Waals surface area contributed by atoms with Crippen LogP contribution in [0.5, 0.6) is 0 Å². The molecule has 0 fully saturated rings. The van der Waals surface area contributed by atoms with E-state index >= 15 is 0 Å². The molecule has 1 aromatic carbocycles. The second-order valence-electron chi connectivity index (χ2n) is 6.54. The van der Waals surface area contributed by atoms with Crippen molar-refractivity contribution in [2.45, 2.75) is 23.3 Å². The van der Waals surface area contributed by atoms with Crippen molar-refractivity contribution in [2.24, 2.45) is 0 Å². The molecule has 8 heteroatoms. The molecule has 2 N–H and O–H groups in total. The number of carbonyl (C=O) groups is 1. The molecule has 0 saturated carbocycles. The Labute approximate surface area is 167 Å². The number of sulfone groups is 1. The van der Waals surface area contributed by atoms with E-state index in [1.54, 1.807) is 18.2 Å². The molecule has 2 heterocycles. The van der Waals surface area contributed by atoms with Crippen LogP contribution in [0.2, 0.25) is 0 Å². The maximum absolute atomic E-state index is 12.3.